The lowest BCUT2D eigenvalue weighted by molar-refractivity contribution is 0.507. The van der Waals surface area contributed by atoms with E-state index in [1.165, 1.54) is 11.1 Å². The molecule has 3 nitrogen and oxygen atoms in total. The van der Waals surface area contributed by atoms with Crippen LogP contribution in [0.3, 0.4) is 0 Å². The van der Waals surface area contributed by atoms with Gasteiger partial charge in [0.2, 0.25) is 0 Å². The minimum Gasteiger partial charge on any atom is -0.428 e. The van der Waals surface area contributed by atoms with Gasteiger partial charge in [-0.05, 0) is 49.9 Å². The number of hydrogen-bond acceptors (Lipinski definition) is 4. The Balaban J connectivity index is 0.00000200. The van der Waals surface area contributed by atoms with Crippen LogP contribution in [-0.4, -0.2) is 0 Å². The van der Waals surface area contributed by atoms with E-state index in [4.69, 9.17) is 20.9 Å². The highest BCUT2D eigenvalue weighted by molar-refractivity contribution is 8.60. The second-order valence-electron chi connectivity index (χ2n) is 4.28. The molecule has 2 rings (SSSR count). The van der Waals surface area contributed by atoms with E-state index in [1.807, 2.05) is 62.4 Å². The van der Waals surface area contributed by atoms with Crippen molar-refractivity contribution in [1.29, 1.82) is 0 Å². The molecule has 0 aliphatic carbocycles. The first kappa shape index (κ1) is 17.1. The number of rotatable bonds is 4. The molecule has 2 aromatic rings. The van der Waals surface area contributed by atoms with Crippen molar-refractivity contribution in [3.05, 3.63) is 59.7 Å². The third kappa shape index (κ3) is 5.17. The maximum atomic E-state index is 5.66. The van der Waals surface area contributed by atoms with Crippen molar-refractivity contribution in [2.75, 3.05) is 0 Å². The third-order valence-electron chi connectivity index (χ3n) is 2.48. The summed E-state index contributed by atoms with van der Waals surface area (Å²) in [6.45, 7) is 4.03. The molecule has 0 atom stereocenters. The van der Waals surface area contributed by atoms with Crippen LogP contribution in [0.2, 0.25) is 0 Å². The highest BCUT2D eigenvalue weighted by Gasteiger charge is 2.16. The van der Waals surface area contributed by atoms with E-state index in [9.17, 15) is 0 Å². The molecule has 0 heterocycles. The molecule has 20 heavy (non-hydrogen) atoms. The second kappa shape index (κ2) is 7.14. The number of thiol groups is 1. The maximum Gasteiger partial charge on any atom is 0.345 e. The van der Waals surface area contributed by atoms with E-state index in [-0.39, 0.29) is 6.15 Å². The van der Waals surface area contributed by atoms with Crippen LogP contribution in [0, 0.1) is 13.8 Å². The van der Waals surface area contributed by atoms with Gasteiger partial charge in [-0.25, -0.2) is 0 Å². The van der Waals surface area contributed by atoms with Crippen molar-refractivity contribution in [1.82, 2.24) is 6.15 Å². The van der Waals surface area contributed by atoms with Crippen LogP contribution in [0.5, 0.6) is 11.5 Å². The average Bonchev–Trinajstić information content (AvgIpc) is 2.34. The first-order chi connectivity index (χ1) is 8.94. The molecule has 3 N–H and O–H groups in total. The molecule has 0 unspecified atom stereocenters. The lowest BCUT2D eigenvalue weighted by Gasteiger charge is -2.18. The Hall–Kier alpha value is -1.00. The lowest BCUT2D eigenvalue weighted by Crippen LogP contribution is -1.95. The van der Waals surface area contributed by atoms with Gasteiger partial charge in [-0.2, -0.15) is 0 Å². The molecule has 0 saturated carbocycles. The van der Waals surface area contributed by atoms with Crippen molar-refractivity contribution in [3.63, 3.8) is 0 Å². The van der Waals surface area contributed by atoms with E-state index < -0.39 is 5.69 Å². The van der Waals surface area contributed by atoms with Crippen molar-refractivity contribution >= 4 is 29.7 Å². The van der Waals surface area contributed by atoms with Gasteiger partial charge in [0.1, 0.15) is 11.5 Å². The topological polar surface area (TPSA) is 53.5 Å². The fraction of sp³-hybridized carbons (Fsp3) is 0.143. The minimum atomic E-state index is -2.64. The Morgan fingerprint density at radius 1 is 0.800 bits per heavy atom. The van der Waals surface area contributed by atoms with Gasteiger partial charge < -0.3 is 15.2 Å². The van der Waals surface area contributed by atoms with Crippen LogP contribution in [0.25, 0.3) is 0 Å². The number of hydrogen-bond donors (Lipinski definition) is 2. The highest BCUT2D eigenvalue weighted by Crippen LogP contribution is 2.52. The normalized spacial score (nSPS) is 10.6. The second-order valence-corrected chi connectivity index (χ2v) is 9.41. The Morgan fingerprint density at radius 3 is 1.40 bits per heavy atom. The molecule has 2 aromatic carbocycles. The molecule has 0 bridgehead atoms. The molecule has 0 aromatic heterocycles. The van der Waals surface area contributed by atoms with Gasteiger partial charge in [0, 0.05) is 0 Å². The summed E-state index contributed by atoms with van der Waals surface area (Å²) in [5.41, 5.74) is -0.307. The maximum absolute atomic E-state index is 5.66. The predicted molar refractivity (Wildman–Crippen MR) is 91.9 cm³/mol. The summed E-state index contributed by atoms with van der Waals surface area (Å²) in [4.78, 5) is 0. The van der Waals surface area contributed by atoms with Crippen LogP contribution in [0.1, 0.15) is 11.1 Å². The van der Waals surface area contributed by atoms with Crippen LogP contribution in [-0.2, 0) is 11.8 Å². The Kier molecular flexibility index (Phi) is 6.08. The fourth-order valence-electron chi connectivity index (χ4n) is 1.48. The molecule has 0 saturated heterocycles. The Bertz CT molecular complexity index is 548. The lowest BCUT2D eigenvalue weighted by atomic mass is 10.2. The van der Waals surface area contributed by atoms with E-state index >= 15 is 0 Å². The molecular weight excluding hydrogens is 309 g/mol. The van der Waals surface area contributed by atoms with Crippen molar-refractivity contribution in [3.8, 4) is 11.5 Å². The van der Waals surface area contributed by atoms with E-state index in [2.05, 4.69) is 12.2 Å². The first-order valence-electron chi connectivity index (χ1n) is 5.80. The molecule has 0 spiro atoms. The summed E-state index contributed by atoms with van der Waals surface area (Å²) < 4.78 is 11.3. The standard InChI is InChI=1S/C14H15O2PS2.H3N/c1-11-3-7-13(8-4-11)15-17(18,19)16-14-9-5-12(2)6-10-14;/h3-10H,1-2H3,(H,18,19);1H3. The Labute approximate surface area is 130 Å². The van der Waals surface area contributed by atoms with Gasteiger partial charge in [0.05, 0.1) is 0 Å². The zero-order chi connectivity index (χ0) is 13.9. The van der Waals surface area contributed by atoms with Crippen molar-refractivity contribution in [2.24, 2.45) is 0 Å². The van der Waals surface area contributed by atoms with Crippen molar-refractivity contribution in [2.45, 2.75) is 13.8 Å². The van der Waals surface area contributed by atoms with Crippen LogP contribution in [0.15, 0.2) is 48.5 Å². The zero-order valence-corrected chi connectivity index (χ0v) is 14.1. The number of aryl methyl sites for hydroxylation is 2. The molecule has 0 fully saturated rings. The zero-order valence-electron chi connectivity index (χ0n) is 11.4. The summed E-state index contributed by atoms with van der Waals surface area (Å²) in [7, 11) is 0. The summed E-state index contributed by atoms with van der Waals surface area (Å²) in [6.07, 6.45) is 0. The molecule has 0 aliphatic rings. The summed E-state index contributed by atoms with van der Waals surface area (Å²) in [5, 5.41) is 0. The minimum absolute atomic E-state index is 0. The predicted octanol–water partition coefficient (Wildman–Crippen LogP) is 5.08. The van der Waals surface area contributed by atoms with Gasteiger partial charge in [-0.3, -0.25) is 0 Å². The summed E-state index contributed by atoms with van der Waals surface area (Å²) in [5.74, 6) is 1.35. The van der Waals surface area contributed by atoms with Gasteiger partial charge >= 0.3 is 5.69 Å². The smallest absolute Gasteiger partial charge is 0.345 e. The first-order valence-corrected chi connectivity index (χ1v) is 9.59. The SMILES string of the molecule is Cc1ccc(OP(=S)(S)Oc2ccc(C)cc2)cc1.N. The van der Waals surface area contributed by atoms with Crippen LogP contribution >= 0.6 is 17.9 Å². The summed E-state index contributed by atoms with van der Waals surface area (Å²) in [6, 6.07) is 15.3. The Morgan fingerprint density at radius 2 is 1.10 bits per heavy atom. The molecule has 0 aliphatic heterocycles. The highest BCUT2D eigenvalue weighted by atomic mass is 32.9. The van der Waals surface area contributed by atoms with Crippen LogP contribution in [0.4, 0.5) is 0 Å². The molecule has 6 heteroatoms. The van der Waals surface area contributed by atoms with Gasteiger partial charge in [-0.1, -0.05) is 47.6 Å². The number of benzene rings is 2. The van der Waals surface area contributed by atoms with Gasteiger partial charge in [-0.15, -0.1) is 0 Å². The van der Waals surface area contributed by atoms with Gasteiger partial charge in [0.25, 0.3) is 0 Å². The van der Waals surface area contributed by atoms with Crippen LogP contribution < -0.4 is 15.2 Å². The van der Waals surface area contributed by atoms with E-state index in [0.29, 0.717) is 11.5 Å². The van der Waals surface area contributed by atoms with E-state index in [1.54, 1.807) is 0 Å². The molecule has 0 radical (unpaired) electrons. The fourth-order valence-corrected chi connectivity index (χ4v) is 3.38. The quantitative estimate of drug-likeness (QED) is 0.607. The monoisotopic (exact) mass is 327 g/mol. The third-order valence-corrected chi connectivity index (χ3v) is 4.30. The van der Waals surface area contributed by atoms with E-state index in [0.717, 1.165) is 0 Å². The molecule has 108 valence electrons. The van der Waals surface area contributed by atoms with Gasteiger partial charge in [0.15, 0.2) is 0 Å². The summed E-state index contributed by atoms with van der Waals surface area (Å²) >= 11 is 9.65. The molecular formula is C14H18NO2PS2. The molecule has 0 amide bonds. The largest absolute Gasteiger partial charge is 0.428 e. The van der Waals surface area contributed by atoms with Crippen molar-refractivity contribution < 1.29 is 9.05 Å². The average molecular weight is 327 g/mol.